The van der Waals surface area contributed by atoms with Crippen molar-refractivity contribution in [3.63, 3.8) is 0 Å². The molecule has 0 radical (unpaired) electrons. The topological polar surface area (TPSA) is 63.2 Å². The Labute approximate surface area is 131 Å². The summed E-state index contributed by atoms with van der Waals surface area (Å²) in [5.41, 5.74) is 2.67. The van der Waals surface area contributed by atoms with Crippen LogP contribution in [0.1, 0.15) is 18.1 Å². The number of rotatable bonds is 5. The van der Waals surface area contributed by atoms with Crippen LogP contribution in [-0.2, 0) is 21.1 Å². The number of benzene rings is 2. The summed E-state index contributed by atoms with van der Waals surface area (Å²) >= 11 is 0. The summed E-state index contributed by atoms with van der Waals surface area (Å²) in [6, 6.07) is 13.9. The fourth-order valence-corrected chi connectivity index (χ4v) is 3.20. The molecule has 1 amide bonds. The molecule has 116 valence electrons. The first-order chi connectivity index (χ1) is 10.4. The zero-order valence-corrected chi connectivity index (χ0v) is 13.5. The quantitative estimate of drug-likeness (QED) is 0.922. The lowest BCUT2D eigenvalue weighted by molar-refractivity contribution is -0.113. The Morgan fingerprint density at radius 3 is 2.41 bits per heavy atom. The van der Waals surface area contributed by atoms with E-state index in [9.17, 15) is 13.2 Å². The van der Waals surface area contributed by atoms with Gasteiger partial charge in [0, 0.05) is 5.69 Å². The first-order valence-corrected chi connectivity index (χ1v) is 8.74. The summed E-state index contributed by atoms with van der Waals surface area (Å²) in [5.74, 6) is -1.10. The highest BCUT2D eigenvalue weighted by molar-refractivity contribution is 7.92. The lowest BCUT2D eigenvalue weighted by Crippen LogP contribution is -2.23. The number of anilines is 1. The van der Waals surface area contributed by atoms with Crippen molar-refractivity contribution in [2.75, 3.05) is 11.1 Å². The maximum absolute atomic E-state index is 12.2. The zero-order chi connectivity index (χ0) is 16.2. The smallest absolute Gasteiger partial charge is 0.239 e. The van der Waals surface area contributed by atoms with Gasteiger partial charge in [0.1, 0.15) is 5.75 Å². The monoisotopic (exact) mass is 317 g/mol. The van der Waals surface area contributed by atoms with Crippen LogP contribution in [0.2, 0.25) is 0 Å². The number of aryl methyl sites for hydroxylation is 2. The van der Waals surface area contributed by atoms with Crippen LogP contribution in [0, 0.1) is 6.92 Å². The van der Waals surface area contributed by atoms with Crippen LogP contribution in [0.3, 0.4) is 0 Å². The Kier molecular flexibility index (Phi) is 4.98. The minimum atomic E-state index is -3.62. The number of sulfone groups is 1. The summed E-state index contributed by atoms with van der Waals surface area (Å²) in [5, 5.41) is 2.64. The van der Waals surface area contributed by atoms with Gasteiger partial charge in [-0.15, -0.1) is 0 Å². The van der Waals surface area contributed by atoms with Gasteiger partial charge in [-0.2, -0.15) is 0 Å². The summed E-state index contributed by atoms with van der Waals surface area (Å²) in [6.07, 6.45) is 0.853. The Hall–Kier alpha value is -2.14. The second-order valence-corrected chi connectivity index (χ2v) is 7.16. The van der Waals surface area contributed by atoms with Gasteiger partial charge in [0.25, 0.3) is 0 Å². The number of carbonyl (C=O) groups is 1. The van der Waals surface area contributed by atoms with Gasteiger partial charge in [-0.3, -0.25) is 4.79 Å². The molecule has 22 heavy (non-hydrogen) atoms. The van der Waals surface area contributed by atoms with Crippen LogP contribution in [-0.4, -0.2) is 20.1 Å². The van der Waals surface area contributed by atoms with Gasteiger partial charge in [-0.1, -0.05) is 36.8 Å². The molecule has 0 unspecified atom stereocenters. The molecule has 0 heterocycles. The lowest BCUT2D eigenvalue weighted by atomic mass is 10.1. The number of hydrogen-bond acceptors (Lipinski definition) is 3. The average Bonchev–Trinajstić information content (AvgIpc) is 2.47. The number of carbonyl (C=O) groups excluding carboxylic acids is 1. The van der Waals surface area contributed by atoms with Gasteiger partial charge in [0.2, 0.25) is 5.91 Å². The van der Waals surface area contributed by atoms with Crippen molar-refractivity contribution in [2.45, 2.75) is 25.2 Å². The van der Waals surface area contributed by atoms with E-state index in [2.05, 4.69) is 5.32 Å². The average molecular weight is 317 g/mol. The van der Waals surface area contributed by atoms with Gasteiger partial charge in [0.05, 0.1) is 4.90 Å². The maximum Gasteiger partial charge on any atom is 0.239 e. The van der Waals surface area contributed by atoms with E-state index in [4.69, 9.17) is 0 Å². The first-order valence-electron chi connectivity index (χ1n) is 7.09. The van der Waals surface area contributed by atoms with E-state index in [1.54, 1.807) is 18.2 Å². The zero-order valence-electron chi connectivity index (χ0n) is 12.7. The second-order valence-electron chi connectivity index (χ2n) is 5.17. The molecular weight excluding hydrogens is 298 g/mol. The molecule has 0 spiro atoms. The van der Waals surface area contributed by atoms with Gasteiger partial charge >= 0.3 is 0 Å². The molecule has 0 aliphatic rings. The molecule has 2 aromatic carbocycles. The summed E-state index contributed by atoms with van der Waals surface area (Å²) < 4.78 is 24.4. The SMILES string of the molecule is CCc1cccc(NC(=O)CS(=O)(=O)c2ccc(C)cc2)c1. The summed E-state index contributed by atoms with van der Waals surface area (Å²) in [7, 11) is -3.62. The predicted molar refractivity (Wildman–Crippen MR) is 87.7 cm³/mol. The number of hydrogen-bond donors (Lipinski definition) is 1. The standard InChI is InChI=1S/C17H19NO3S/c1-3-14-5-4-6-15(11-14)18-17(19)12-22(20,21)16-9-7-13(2)8-10-16/h4-11H,3,12H2,1-2H3,(H,18,19). The summed E-state index contributed by atoms with van der Waals surface area (Å²) in [4.78, 5) is 12.1. The molecule has 1 N–H and O–H groups in total. The van der Waals surface area contributed by atoms with Crippen molar-refractivity contribution in [3.8, 4) is 0 Å². The molecule has 2 rings (SSSR count). The highest BCUT2D eigenvalue weighted by atomic mass is 32.2. The Morgan fingerprint density at radius 1 is 1.09 bits per heavy atom. The van der Waals surface area contributed by atoms with Gasteiger partial charge < -0.3 is 5.32 Å². The fourth-order valence-electron chi connectivity index (χ4n) is 2.07. The van der Waals surface area contributed by atoms with E-state index in [1.165, 1.54) is 12.1 Å². The Bertz CT molecular complexity index is 765. The maximum atomic E-state index is 12.2. The largest absolute Gasteiger partial charge is 0.325 e. The first kappa shape index (κ1) is 16.2. The van der Waals surface area contributed by atoms with Crippen LogP contribution in [0.15, 0.2) is 53.4 Å². The lowest BCUT2D eigenvalue weighted by Gasteiger charge is -2.08. The molecule has 2 aromatic rings. The minimum absolute atomic E-state index is 0.163. The van der Waals surface area contributed by atoms with Crippen LogP contribution in [0.5, 0.6) is 0 Å². The fraction of sp³-hybridized carbons (Fsp3) is 0.235. The van der Waals surface area contributed by atoms with Crippen molar-refractivity contribution >= 4 is 21.4 Å². The molecule has 0 aromatic heterocycles. The molecule has 5 heteroatoms. The second kappa shape index (κ2) is 6.75. The van der Waals surface area contributed by atoms with Crippen molar-refractivity contribution in [2.24, 2.45) is 0 Å². The Balaban J connectivity index is 2.09. The molecule has 0 aliphatic carbocycles. The molecule has 0 bridgehead atoms. The van der Waals surface area contributed by atoms with Crippen molar-refractivity contribution in [3.05, 3.63) is 59.7 Å². The predicted octanol–water partition coefficient (Wildman–Crippen LogP) is 2.97. The molecule has 0 fully saturated rings. The third kappa shape index (κ3) is 4.18. The van der Waals surface area contributed by atoms with Crippen LogP contribution < -0.4 is 5.32 Å². The molecule has 4 nitrogen and oxygen atoms in total. The van der Waals surface area contributed by atoms with Crippen LogP contribution >= 0.6 is 0 Å². The molecule has 0 aliphatic heterocycles. The van der Waals surface area contributed by atoms with Crippen LogP contribution in [0.4, 0.5) is 5.69 Å². The van der Waals surface area contributed by atoms with Crippen molar-refractivity contribution in [1.82, 2.24) is 0 Å². The number of amides is 1. The third-order valence-corrected chi connectivity index (χ3v) is 4.95. The molecule has 0 saturated heterocycles. The van der Waals surface area contributed by atoms with Gasteiger partial charge in [-0.25, -0.2) is 8.42 Å². The van der Waals surface area contributed by atoms with Gasteiger partial charge in [-0.05, 0) is 43.2 Å². The third-order valence-electron chi connectivity index (χ3n) is 3.32. The minimum Gasteiger partial charge on any atom is -0.325 e. The molecule has 0 saturated carbocycles. The van der Waals surface area contributed by atoms with Crippen molar-refractivity contribution in [1.29, 1.82) is 0 Å². The normalized spacial score (nSPS) is 11.2. The van der Waals surface area contributed by atoms with E-state index in [1.807, 2.05) is 32.0 Å². The highest BCUT2D eigenvalue weighted by Gasteiger charge is 2.19. The van der Waals surface area contributed by atoms with Crippen LogP contribution in [0.25, 0.3) is 0 Å². The molecule has 0 atom stereocenters. The molecular formula is C17H19NO3S. The van der Waals surface area contributed by atoms with E-state index >= 15 is 0 Å². The number of nitrogens with one attached hydrogen (secondary N) is 1. The van der Waals surface area contributed by atoms with Gasteiger partial charge in [0.15, 0.2) is 9.84 Å². The van der Waals surface area contributed by atoms with Crippen molar-refractivity contribution < 1.29 is 13.2 Å². The van der Waals surface area contributed by atoms with E-state index < -0.39 is 21.5 Å². The Morgan fingerprint density at radius 2 is 1.77 bits per heavy atom. The van der Waals surface area contributed by atoms with E-state index in [0.29, 0.717) is 5.69 Å². The summed E-state index contributed by atoms with van der Waals surface area (Å²) in [6.45, 7) is 3.90. The highest BCUT2D eigenvalue weighted by Crippen LogP contribution is 2.14. The van der Waals surface area contributed by atoms with E-state index in [0.717, 1.165) is 17.5 Å². The van der Waals surface area contributed by atoms with E-state index in [-0.39, 0.29) is 4.90 Å².